The van der Waals surface area contributed by atoms with Gasteiger partial charge in [-0.25, -0.2) is 8.42 Å². The predicted molar refractivity (Wildman–Crippen MR) is 55.7 cm³/mol. The van der Waals surface area contributed by atoms with Crippen LogP contribution in [-0.2, 0) is 10.0 Å². The van der Waals surface area contributed by atoms with Gasteiger partial charge in [0.15, 0.2) is 0 Å². The van der Waals surface area contributed by atoms with Gasteiger partial charge in [-0.15, -0.1) is 0 Å². The van der Waals surface area contributed by atoms with Crippen molar-refractivity contribution in [1.29, 1.82) is 0 Å². The molecular weight excluding hydrogens is 214 g/mol. The van der Waals surface area contributed by atoms with E-state index in [1.54, 1.807) is 0 Å². The third-order valence-corrected chi connectivity index (χ3v) is 4.86. The van der Waals surface area contributed by atoms with E-state index >= 15 is 0 Å². The molecule has 2 rings (SSSR count). The van der Waals surface area contributed by atoms with Gasteiger partial charge >= 0.3 is 0 Å². The Morgan fingerprint density at radius 3 is 2.47 bits per heavy atom. The molecule has 1 N–H and O–H groups in total. The Morgan fingerprint density at radius 1 is 1.40 bits per heavy atom. The zero-order valence-electron chi connectivity index (χ0n) is 8.84. The van der Waals surface area contributed by atoms with E-state index in [0.717, 1.165) is 0 Å². The minimum atomic E-state index is -3.32. The maximum atomic E-state index is 12.1. The van der Waals surface area contributed by atoms with Crippen LogP contribution in [0.2, 0.25) is 0 Å². The highest BCUT2D eigenvalue weighted by atomic mass is 32.2. The Morgan fingerprint density at radius 2 is 2.00 bits per heavy atom. The monoisotopic (exact) mass is 229 g/mol. The molecule has 1 aromatic heterocycles. The van der Waals surface area contributed by atoms with E-state index in [1.807, 2.05) is 0 Å². The molecule has 1 saturated heterocycles. The molecule has 0 aromatic carbocycles. The molecule has 84 valence electrons. The van der Waals surface area contributed by atoms with Crippen molar-refractivity contribution in [2.75, 3.05) is 13.1 Å². The fraction of sp³-hybridized carbons (Fsp3) is 0.667. The Labute approximate surface area is 89.5 Å². The molecular formula is C9H15N3O2S. The zero-order valence-corrected chi connectivity index (χ0v) is 9.66. The molecule has 0 saturated carbocycles. The highest BCUT2D eigenvalue weighted by molar-refractivity contribution is 7.89. The molecule has 0 spiro atoms. The number of nitrogens with zero attached hydrogens (tertiary/aromatic N) is 2. The van der Waals surface area contributed by atoms with Crippen LogP contribution in [0.25, 0.3) is 0 Å². The van der Waals surface area contributed by atoms with Gasteiger partial charge < -0.3 is 0 Å². The van der Waals surface area contributed by atoms with E-state index < -0.39 is 10.0 Å². The van der Waals surface area contributed by atoms with Crippen molar-refractivity contribution in [2.45, 2.75) is 18.7 Å². The van der Waals surface area contributed by atoms with Crippen molar-refractivity contribution in [3.63, 3.8) is 0 Å². The number of rotatable bonds is 2. The summed E-state index contributed by atoms with van der Waals surface area (Å²) in [7, 11) is -3.32. The first-order chi connectivity index (χ1) is 7.01. The second-order valence-corrected chi connectivity index (χ2v) is 6.15. The molecule has 2 atom stereocenters. The van der Waals surface area contributed by atoms with Gasteiger partial charge in [-0.1, -0.05) is 13.8 Å². The third kappa shape index (κ3) is 1.79. The third-order valence-electron chi connectivity index (χ3n) is 3.07. The van der Waals surface area contributed by atoms with E-state index in [-0.39, 0.29) is 4.90 Å². The number of H-pyrrole nitrogens is 1. The number of aromatic amines is 1. The van der Waals surface area contributed by atoms with Crippen LogP contribution in [0.4, 0.5) is 0 Å². The quantitative estimate of drug-likeness (QED) is 0.811. The van der Waals surface area contributed by atoms with Crippen LogP contribution in [0.5, 0.6) is 0 Å². The number of hydrogen-bond acceptors (Lipinski definition) is 3. The van der Waals surface area contributed by atoms with Crippen molar-refractivity contribution >= 4 is 10.0 Å². The van der Waals surface area contributed by atoms with Gasteiger partial charge in [0.25, 0.3) is 0 Å². The summed E-state index contributed by atoms with van der Waals surface area (Å²) >= 11 is 0. The normalized spacial score (nSPS) is 28.4. The summed E-state index contributed by atoms with van der Waals surface area (Å²) in [4.78, 5) is 0.254. The molecule has 5 nitrogen and oxygen atoms in total. The lowest BCUT2D eigenvalue weighted by atomic mass is 10.0. The van der Waals surface area contributed by atoms with E-state index in [9.17, 15) is 8.42 Å². The van der Waals surface area contributed by atoms with Crippen molar-refractivity contribution < 1.29 is 8.42 Å². The maximum absolute atomic E-state index is 12.1. The topological polar surface area (TPSA) is 66.1 Å². The Hall–Kier alpha value is -0.880. The number of sulfonamides is 1. The lowest BCUT2D eigenvalue weighted by molar-refractivity contribution is 0.463. The minimum absolute atomic E-state index is 0.254. The molecule has 0 aliphatic carbocycles. The SMILES string of the molecule is CC1CN(S(=O)(=O)c2cn[nH]c2)CC1C. The Bertz CT molecular complexity index is 416. The molecule has 6 heteroatoms. The van der Waals surface area contributed by atoms with Crippen molar-refractivity contribution in [3.8, 4) is 0 Å². The van der Waals surface area contributed by atoms with Crippen LogP contribution in [0.1, 0.15) is 13.8 Å². The van der Waals surface area contributed by atoms with E-state index in [0.29, 0.717) is 24.9 Å². The van der Waals surface area contributed by atoms with Crippen molar-refractivity contribution in [1.82, 2.24) is 14.5 Å². The van der Waals surface area contributed by atoms with Crippen LogP contribution in [0, 0.1) is 11.8 Å². The molecule has 15 heavy (non-hydrogen) atoms. The van der Waals surface area contributed by atoms with Gasteiger partial charge in [0.05, 0.1) is 6.20 Å². The predicted octanol–water partition coefficient (Wildman–Crippen LogP) is 0.686. The molecule has 1 aromatic rings. The largest absolute Gasteiger partial charge is 0.284 e. The summed E-state index contributed by atoms with van der Waals surface area (Å²) in [6.45, 7) is 5.37. The zero-order chi connectivity index (χ0) is 11.1. The number of nitrogens with one attached hydrogen (secondary N) is 1. The Kier molecular flexibility index (Phi) is 2.56. The van der Waals surface area contributed by atoms with Crippen molar-refractivity contribution in [3.05, 3.63) is 12.4 Å². The highest BCUT2D eigenvalue weighted by Gasteiger charge is 2.35. The number of hydrogen-bond donors (Lipinski definition) is 1. The van der Waals surface area contributed by atoms with Gasteiger partial charge in [0.1, 0.15) is 4.90 Å². The molecule has 1 aliphatic rings. The first kappa shape index (κ1) is 10.6. The first-order valence-electron chi connectivity index (χ1n) is 5.00. The van der Waals surface area contributed by atoms with E-state index in [1.165, 1.54) is 16.7 Å². The standard InChI is InChI=1S/C9H15N3O2S/c1-7-5-12(6-8(7)2)15(13,14)9-3-10-11-4-9/h3-4,7-8H,5-6H2,1-2H3,(H,10,11). The number of aromatic nitrogens is 2. The summed E-state index contributed by atoms with van der Waals surface area (Å²) in [6.07, 6.45) is 2.77. The molecule has 2 heterocycles. The smallest absolute Gasteiger partial charge is 0.246 e. The fourth-order valence-corrected chi connectivity index (χ4v) is 3.35. The van der Waals surface area contributed by atoms with Gasteiger partial charge in [0.2, 0.25) is 10.0 Å². The summed E-state index contributed by atoms with van der Waals surface area (Å²) < 4.78 is 25.6. The van der Waals surface area contributed by atoms with Crippen LogP contribution in [0.3, 0.4) is 0 Å². The van der Waals surface area contributed by atoms with E-state index in [4.69, 9.17) is 0 Å². The van der Waals surface area contributed by atoms with Gasteiger partial charge in [-0.05, 0) is 11.8 Å². The highest BCUT2D eigenvalue weighted by Crippen LogP contribution is 2.27. The van der Waals surface area contributed by atoms with Gasteiger partial charge in [-0.2, -0.15) is 9.40 Å². The summed E-state index contributed by atoms with van der Waals surface area (Å²) in [5.41, 5.74) is 0. The average Bonchev–Trinajstić information content (AvgIpc) is 2.77. The summed E-state index contributed by atoms with van der Waals surface area (Å²) in [6, 6.07) is 0. The fourth-order valence-electron chi connectivity index (χ4n) is 1.80. The van der Waals surface area contributed by atoms with Crippen LogP contribution >= 0.6 is 0 Å². The van der Waals surface area contributed by atoms with Crippen molar-refractivity contribution in [2.24, 2.45) is 11.8 Å². The first-order valence-corrected chi connectivity index (χ1v) is 6.44. The molecule has 0 amide bonds. The maximum Gasteiger partial charge on any atom is 0.246 e. The van der Waals surface area contributed by atoms with Gasteiger partial charge in [-0.3, -0.25) is 5.10 Å². The van der Waals surface area contributed by atoms with E-state index in [2.05, 4.69) is 24.0 Å². The second-order valence-electron chi connectivity index (χ2n) is 4.21. The van der Waals surface area contributed by atoms with Gasteiger partial charge in [0, 0.05) is 19.3 Å². The molecule has 0 radical (unpaired) electrons. The van der Waals surface area contributed by atoms with Crippen LogP contribution in [0.15, 0.2) is 17.3 Å². The lowest BCUT2D eigenvalue weighted by Gasteiger charge is -2.14. The summed E-state index contributed by atoms with van der Waals surface area (Å²) in [5, 5.41) is 6.19. The molecule has 1 aliphatic heterocycles. The molecule has 0 bridgehead atoms. The molecule has 2 unspecified atom stereocenters. The Balaban J connectivity index is 2.25. The average molecular weight is 229 g/mol. The lowest BCUT2D eigenvalue weighted by Crippen LogP contribution is -2.28. The molecule has 1 fully saturated rings. The second kappa shape index (κ2) is 3.61. The minimum Gasteiger partial charge on any atom is -0.284 e. The van der Waals surface area contributed by atoms with Crippen LogP contribution < -0.4 is 0 Å². The van der Waals surface area contributed by atoms with Crippen LogP contribution in [-0.4, -0.2) is 36.0 Å². The summed E-state index contributed by atoms with van der Waals surface area (Å²) in [5.74, 6) is 0.846.